The van der Waals surface area contributed by atoms with Gasteiger partial charge in [0.1, 0.15) is 0 Å². The van der Waals surface area contributed by atoms with Gasteiger partial charge in [-0.05, 0) is 13.8 Å². The van der Waals surface area contributed by atoms with Gasteiger partial charge in [-0.15, -0.1) is 0 Å². The van der Waals surface area contributed by atoms with Crippen LogP contribution in [0.15, 0.2) is 6.20 Å². The molecule has 74 valence electrons. The van der Waals surface area contributed by atoms with Crippen molar-refractivity contribution in [1.82, 2.24) is 9.78 Å². The van der Waals surface area contributed by atoms with Crippen molar-refractivity contribution in [3.63, 3.8) is 0 Å². The molecule has 1 rings (SSSR count). The van der Waals surface area contributed by atoms with Gasteiger partial charge in [-0.1, -0.05) is 0 Å². The van der Waals surface area contributed by atoms with Crippen LogP contribution in [0.5, 0.6) is 0 Å². The first-order valence-electron chi connectivity index (χ1n) is 3.87. The highest BCUT2D eigenvalue weighted by molar-refractivity contribution is 8.13. The zero-order chi connectivity index (χ0) is 10.1. The third kappa shape index (κ3) is 2.70. The monoisotopic (exact) mass is 222 g/mol. The molecular weight excluding hydrogens is 212 g/mol. The van der Waals surface area contributed by atoms with Gasteiger partial charge < -0.3 is 0 Å². The van der Waals surface area contributed by atoms with Crippen molar-refractivity contribution in [2.24, 2.45) is 0 Å². The molecule has 0 aliphatic heterocycles. The van der Waals surface area contributed by atoms with E-state index in [0.29, 0.717) is 5.56 Å². The summed E-state index contributed by atoms with van der Waals surface area (Å²) < 4.78 is 23.3. The van der Waals surface area contributed by atoms with Crippen LogP contribution in [0.4, 0.5) is 0 Å². The molecule has 4 nitrogen and oxygen atoms in total. The van der Waals surface area contributed by atoms with Crippen molar-refractivity contribution in [1.29, 1.82) is 0 Å². The van der Waals surface area contributed by atoms with E-state index >= 15 is 0 Å². The number of hydrogen-bond acceptors (Lipinski definition) is 3. The smallest absolute Gasteiger partial charge is 0.236 e. The number of aromatic nitrogens is 2. The molecule has 0 unspecified atom stereocenters. The van der Waals surface area contributed by atoms with E-state index in [2.05, 4.69) is 5.10 Å². The van der Waals surface area contributed by atoms with E-state index in [4.69, 9.17) is 10.7 Å². The Labute approximate surface area is 81.9 Å². The lowest BCUT2D eigenvalue weighted by atomic mass is 10.3. The first-order chi connectivity index (χ1) is 5.94. The molecule has 0 aliphatic carbocycles. The van der Waals surface area contributed by atoms with Crippen LogP contribution in [-0.4, -0.2) is 18.2 Å². The molecule has 1 heterocycles. The highest BCUT2D eigenvalue weighted by atomic mass is 35.7. The van der Waals surface area contributed by atoms with Crippen LogP contribution < -0.4 is 0 Å². The summed E-state index contributed by atoms with van der Waals surface area (Å²) in [6, 6.07) is 0. The molecule has 6 heteroatoms. The van der Waals surface area contributed by atoms with Crippen LogP contribution in [-0.2, 0) is 21.3 Å². The third-order valence-corrected chi connectivity index (χ3v) is 2.82. The molecule has 1 aromatic heterocycles. The summed E-state index contributed by atoms with van der Waals surface area (Å²) in [6.07, 6.45) is 1.54. The Kier molecular flexibility index (Phi) is 2.98. The molecule has 0 amide bonds. The van der Waals surface area contributed by atoms with Crippen LogP contribution in [0.1, 0.15) is 18.2 Å². The second-order valence-electron chi connectivity index (χ2n) is 2.75. The molecule has 0 atom stereocenters. The summed E-state index contributed by atoms with van der Waals surface area (Å²) >= 11 is 0. The van der Waals surface area contributed by atoms with E-state index in [1.54, 1.807) is 10.9 Å². The van der Waals surface area contributed by atoms with E-state index in [1.807, 2.05) is 13.8 Å². The van der Waals surface area contributed by atoms with Crippen molar-refractivity contribution in [2.75, 3.05) is 0 Å². The van der Waals surface area contributed by atoms with Crippen LogP contribution in [0, 0.1) is 6.92 Å². The van der Waals surface area contributed by atoms with Crippen molar-refractivity contribution in [2.45, 2.75) is 26.1 Å². The van der Waals surface area contributed by atoms with E-state index in [-0.39, 0.29) is 5.75 Å². The number of hydrogen-bond donors (Lipinski definition) is 0. The van der Waals surface area contributed by atoms with Crippen molar-refractivity contribution >= 4 is 19.7 Å². The van der Waals surface area contributed by atoms with Crippen molar-refractivity contribution in [3.8, 4) is 0 Å². The van der Waals surface area contributed by atoms with E-state index in [1.165, 1.54) is 0 Å². The van der Waals surface area contributed by atoms with Crippen molar-refractivity contribution in [3.05, 3.63) is 17.5 Å². The Bertz CT molecular complexity index is 397. The number of halogens is 1. The molecule has 0 radical (unpaired) electrons. The predicted molar refractivity (Wildman–Crippen MR) is 51.1 cm³/mol. The fourth-order valence-electron chi connectivity index (χ4n) is 1.13. The number of rotatable bonds is 3. The summed E-state index contributed by atoms with van der Waals surface area (Å²) in [5, 5.41) is 4.01. The lowest BCUT2D eigenvalue weighted by Gasteiger charge is -1.99. The molecule has 0 N–H and O–H groups in total. The summed E-state index contributed by atoms with van der Waals surface area (Å²) in [4.78, 5) is 0. The number of aryl methyl sites for hydroxylation is 1. The quantitative estimate of drug-likeness (QED) is 0.724. The molecule has 0 saturated carbocycles. The molecule has 0 spiro atoms. The van der Waals surface area contributed by atoms with Gasteiger partial charge >= 0.3 is 0 Å². The minimum atomic E-state index is -3.48. The Morgan fingerprint density at radius 3 is 2.62 bits per heavy atom. The van der Waals surface area contributed by atoms with Gasteiger partial charge in [-0.25, -0.2) is 8.42 Å². The average Bonchev–Trinajstić information content (AvgIpc) is 2.30. The summed E-state index contributed by atoms with van der Waals surface area (Å²) in [5.41, 5.74) is 1.52. The second kappa shape index (κ2) is 3.67. The molecule has 0 aromatic carbocycles. The van der Waals surface area contributed by atoms with E-state index < -0.39 is 9.05 Å². The first kappa shape index (κ1) is 10.5. The highest BCUT2D eigenvalue weighted by Crippen LogP contribution is 2.13. The Hall–Kier alpha value is -0.550. The molecule has 0 bridgehead atoms. The topological polar surface area (TPSA) is 52.0 Å². The molecule has 0 fully saturated rings. The van der Waals surface area contributed by atoms with Gasteiger partial charge in [0.25, 0.3) is 0 Å². The van der Waals surface area contributed by atoms with Gasteiger partial charge in [0.05, 0.1) is 11.9 Å². The largest absolute Gasteiger partial charge is 0.270 e. The average molecular weight is 223 g/mol. The van der Waals surface area contributed by atoms with Crippen LogP contribution in [0.2, 0.25) is 0 Å². The lowest BCUT2D eigenvalue weighted by molar-refractivity contribution is 0.608. The first-order valence-corrected chi connectivity index (χ1v) is 6.35. The van der Waals surface area contributed by atoms with Gasteiger partial charge in [-0.3, -0.25) is 4.68 Å². The summed E-state index contributed by atoms with van der Waals surface area (Å²) in [6.45, 7) is 4.50. The molecule has 0 aliphatic rings. The predicted octanol–water partition coefficient (Wildman–Crippen LogP) is 1.28. The SMILES string of the molecule is CCn1ncc(CS(=O)(=O)Cl)c1C. The minimum absolute atomic E-state index is 0.152. The Balaban J connectivity index is 2.97. The fourth-order valence-corrected chi connectivity index (χ4v) is 2.14. The summed E-state index contributed by atoms with van der Waals surface area (Å²) in [5.74, 6) is -0.152. The second-order valence-corrected chi connectivity index (χ2v) is 5.53. The fraction of sp³-hybridized carbons (Fsp3) is 0.571. The number of nitrogens with zero attached hydrogens (tertiary/aromatic N) is 2. The molecular formula is C7H11ClN2O2S. The maximum absolute atomic E-state index is 10.8. The Morgan fingerprint density at radius 1 is 1.62 bits per heavy atom. The Morgan fingerprint density at radius 2 is 2.23 bits per heavy atom. The zero-order valence-electron chi connectivity index (χ0n) is 7.49. The standard InChI is InChI=1S/C7H11ClN2O2S/c1-3-10-6(2)7(4-9-10)5-13(8,11)12/h4H,3,5H2,1-2H3. The maximum Gasteiger partial charge on any atom is 0.236 e. The van der Waals surface area contributed by atoms with E-state index in [0.717, 1.165) is 12.2 Å². The minimum Gasteiger partial charge on any atom is -0.270 e. The van der Waals surface area contributed by atoms with Crippen LogP contribution >= 0.6 is 10.7 Å². The van der Waals surface area contributed by atoms with Gasteiger partial charge in [0.15, 0.2) is 0 Å². The van der Waals surface area contributed by atoms with Crippen LogP contribution in [0.25, 0.3) is 0 Å². The summed E-state index contributed by atoms with van der Waals surface area (Å²) in [7, 11) is 1.65. The van der Waals surface area contributed by atoms with Gasteiger partial charge in [0.2, 0.25) is 9.05 Å². The maximum atomic E-state index is 10.8. The van der Waals surface area contributed by atoms with Gasteiger partial charge in [0, 0.05) is 28.5 Å². The zero-order valence-corrected chi connectivity index (χ0v) is 9.06. The van der Waals surface area contributed by atoms with E-state index in [9.17, 15) is 8.42 Å². The highest BCUT2D eigenvalue weighted by Gasteiger charge is 2.12. The normalized spacial score (nSPS) is 11.9. The lowest BCUT2D eigenvalue weighted by Crippen LogP contribution is -2.01. The molecule has 1 aromatic rings. The van der Waals surface area contributed by atoms with Gasteiger partial charge in [-0.2, -0.15) is 5.10 Å². The molecule has 0 saturated heterocycles. The third-order valence-electron chi connectivity index (χ3n) is 1.83. The van der Waals surface area contributed by atoms with Crippen LogP contribution in [0.3, 0.4) is 0 Å². The molecule has 13 heavy (non-hydrogen) atoms. The van der Waals surface area contributed by atoms with Crippen molar-refractivity contribution < 1.29 is 8.42 Å².